The minimum Gasteiger partial charge on any atom is -0.480 e. The number of aryl methyl sites for hydroxylation is 1. The maximum absolute atomic E-state index is 10.9. The second kappa shape index (κ2) is 6.15. The molecule has 7 nitrogen and oxygen atoms in total. The van der Waals surface area contributed by atoms with Crippen molar-refractivity contribution in [3.63, 3.8) is 0 Å². The Morgan fingerprint density at radius 3 is 2.67 bits per heavy atom. The topological polar surface area (TPSA) is 96.3 Å². The first kappa shape index (κ1) is 14.2. The molecule has 2 unspecified atom stereocenters. The molecule has 0 aliphatic carbocycles. The number of hydrogen-bond acceptors (Lipinski definition) is 4. The monoisotopic (exact) mass is 254 g/mol. The van der Waals surface area contributed by atoms with E-state index in [1.807, 2.05) is 20.2 Å². The fourth-order valence-electron chi connectivity index (χ4n) is 1.52. The first-order chi connectivity index (χ1) is 8.40. The molecular formula is C11H18N4O3. The summed E-state index contributed by atoms with van der Waals surface area (Å²) in [6.45, 7) is 3.36. The van der Waals surface area contributed by atoms with Crippen molar-refractivity contribution < 1.29 is 14.7 Å². The Morgan fingerprint density at radius 1 is 1.56 bits per heavy atom. The summed E-state index contributed by atoms with van der Waals surface area (Å²) in [4.78, 5) is 21.8. The van der Waals surface area contributed by atoms with Gasteiger partial charge in [-0.2, -0.15) is 5.10 Å². The van der Waals surface area contributed by atoms with Crippen LogP contribution in [0.1, 0.15) is 25.5 Å². The van der Waals surface area contributed by atoms with E-state index in [4.69, 9.17) is 5.11 Å². The van der Waals surface area contributed by atoms with Crippen molar-refractivity contribution in [3.05, 3.63) is 18.0 Å². The van der Waals surface area contributed by atoms with Crippen molar-refractivity contribution in [2.24, 2.45) is 7.05 Å². The average molecular weight is 254 g/mol. The lowest BCUT2D eigenvalue weighted by Crippen LogP contribution is -2.46. The van der Waals surface area contributed by atoms with Crippen LogP contribution in [-0.4, -0.2) is 39.4 Å². The molecule has 1 aromatic heterocycles. The Kier molecular flexibility index (Phi) is 4.85. The zero-order valence-corrected chi connectivity index (χ0v) is 10.7. The maximum Gasteiger partial charge on any atom is 0.327 e. The number of carboxylic acid groups (broad SMARTS) is 1. The molecule has 2 atom stereocenters. The normalized spacial score (nSPS) is 13.9. The summed E-state index contributed by atoms with van der Waals surface area (Å²) < 4.78 is 1.68. The van der Waals surface area contributed by atoms with Crippen molar-refractivity contribution >= 4 is 11.9 Å². The molecule has 0 fully saturated rings. The van der Waals surface area contributed by atoms with E-state index in [0.29, 0.717) is 0 Å². The first-order valence-corrected chi connectivity index (χ1v) is 5.62. The van der Waals surface area contributed by atoms with Crippen LogP contribution in [-0.2, 0) is 16.6 Å². The summed E-state index contributed by atoms with van der Waals surface area (Å²) in [6, 6.07) is -0.962. The fraction of sp³-hybridized carbons (Fsp3) is 0.545. The molecule has 0 bridgehead atoms. The summed E-state index contributed by atoms with van der Waals surface area (Å²) in [6.07, 6.45) is 3.57. The number of nitrogens with one attached hydrogen (secondary N) is 2. The Hall–Kier alpha value is -1.89. The van der Waals surface area contributed by atoms with E-state index in [2.05, 4.69) is 15.7 Å². The number of carbonyl (C=O) groups is 2. The van der Waals surface area contributed by atoms with Crippen LogP contribution < -0.4 is 10.6 Å². The van der Waals surface area contributed by atoms with Gasteiger partial charge in [0.2, 0.25) is 5.91 Å². The van der Waals surface area contributed by atoms with Gasteiger partial charge in [-0.3, -0.25) is 9.48 Å². The van der Waals surface area contributed by atoms with Gasteiger partial charge in [-0.25, -0.2) is 4.79 Å². The lowest BCUT2D eigenvalue weighted by Gasteiger charge is -2.17. The molecule has 0 aromatic carbocycles. The molecule has 1 heterocycles. The minimum absolute atomic E-state index is 0.0330. The molecule has 1 amide bonds. The number of nitrogens with zero attached hydrogens (tertiary/aromatic N) is 2. The van der Waals surface area contributed by atoms with Crippen LogP contribution in [0.4, 0.5) is 0 Å². The van der Waals surface area contributed by atoms with Crippen LogP contribution in [0.15, 0.2) is 12.4 Å². The van der Waals surface area contributed by atoms with Crippen LogP contribution >= 0.6 is 0 Å². The van der Waals surface area contributed by atoms with Crippen molar-refractivity contribution in [2.75, 3.05) is 6.54 Å². The van der Waals surface area contributed by atoms with Gasteiger partial charge in [0.1, 0.15) is 6.04 Å². The third kappa shape index (κ3) is 4.17. The summed E-state index contributed by atoms with van der Waals surface area (Å²) in [5, 5.41) is 18.4. The van der Waals surface area contributed by atoms with Crippen LogP contribution in [0.3, 0.4) is 0 Å². The number of carboxylic acids is 1. The van der Waals surface area contributed by atoms with Gasteiger partial charge < -0.3 is 15.7 Å². The zero-order chi connectivity index (χ0) is 13.7. The van der Waals surface area contributed by atoms with E-state index in [1.165, 1.54) is 6.92 Å². The van der Waals surface area contributed by atoms with Gasteiger partial charge in [0.05, 0.1) is 6.20 Å². The van der Waals surface area contributed by atoms with E-state index in [0.717, 1.165) is 5.56 Å². The first-order valence-electron chi connectivity index (χ1n) is 5.62. The molecule has 0 saturated carbocycles. The van der Waals surface area contributed by atoms with Gasteiger partial charge in [0, 0.05) is 38.3 Å². The Bertz CT molecular complexity index is 430. The standard InChI is InChI=1S/C11H18N4O3/c1-7(9-4-13-15(3)6-9)12-5-10(11(17)18)14-8(2)16/h4,6-7,10,12H,5H2,1-3H3,(H,14,16)(H,17,18). The summed E-state index contributed by atoms with van der Waals surface area (Å²) >= 11 is 0. The molecule has 1 rings (SSSR count). The predicted octanol–water partition coefficient (Wildman–Crippen LogP) is -0.340. The quantitative estimate of drug-likeness (QED) is 0.645. The highest BCUT2D eigenvalue weighted by Gasteiger charge is 2.19. The van der Waals surface area contributed by atoms with Crippen LogP contribution in [0.25, 0.3) is 0 Å². The molecule has 7 heteroatoms. The number of hydrogen-bond donors (Lipinski definition) is 3. The van der Waals surface area contributed by atoms with Crippen molar-refractivity contribution in [2.45, 2.75) is 25.9 Å². The highest BCUT2D eigenvalue weighted by Crippen LogP contribution is 2.09. The van der Waals surface area contributed by atoms with Crippen LogP contribution in [0.5, 0.6) is 0 Å². The third-order valence-electron chi connectivity index (χ3n) is 2.53. The smallest absolute Gasteiger partial charge is 0.327 e. The summed E-state index contributed by atoms with van der Waals surface area (Å²) in [5.41, 5.74) is 0.962. The van der Waals surface area contributed by atoms with Crippen LogP contribution in [0.2, 0.25) is 0 Å². The lowest BCUT2D eigenvalue weighted by molar-refractivity contribution is -0.141. The van der Waals surface area contributed by atoms with Crippen LogP contribution in [0, 0.1) is 0 Å². The van der Waals surface area contributed by atoms with Gasteiger partial charge in [-0.1, -0.05) is 0 Å². The largest absolute Gasteiger partial charge is 0.480 e. The molecule has 0 aliphatic heterocycles. The second-order valence-electron chi connectivity index (χ2n) is 4.17. The molecule has 0 aliphatic rings. The number of aromatic nitrogens is 2. The molecule has 18 heavy (non-hydrogen) atoms. The highest BCUT2D eigenvalue weighted by molar-refractivity contribution is 5.82. The highest BCUT2D eigenvalue weighted by atomic mass is 16.4. The van der Waals surface area contributed by atoms with Gasteiger partial charge in [-0.05, 0) is 6.92 Å². The van der Waals surface area contributed by atoms with Gasteiger partial charge >= 0.3 is 5.97 Å². The van der Waals surface area contributed by atoms with E-state index < -0.39 is 12.0 Å². The number of aliphatic carboxylic acids is 1. The lowest BCUT2D eigenvalue weighted by atomic mass is 10.2. The van der Waals surface area contributed by atoms with E-state index in [9.17, 15) is 9.59 Å². The second-order valence-corrected chi connectivity index (χ2v) is 4.17. The Morgan fingerprint density at radius 2 is 2.22 bits per heavy atom. The summed E-state index contributed by atoms with van der Waals surface area (Å²) in [7, 11) is 1.81. The zero-order valence-electron chi connectivity index (χ0n) is 10.7. The van der Waals surface area contributed by atoms with E-state index in [-0.39, 0.29) is 18.5 Å². The number of rotatable bonds is 6. The molecule has 3 N–H and O–H groups in total. The summed E-state index contributed by atoms with van der Waals surface area (Å²) in [5.74, 6) is -1.42. The SMILES string of the molecule is CC(=O)NC(CNC(C)c1cnn(C)c1)C(=O)O. The minimum atomic E-state index is -1.06. The van der Waals surface area contributed by atoms with Crippen molar-refractivity contribution in [3.8, 4) is 0 Å². The Balaban J connectivity index is 2.51. The third-order valence-corrected chi connectivity index (χ3v) is 2.53. The molecule has 0 radical (unpaired) electrons. The number of carbonyl (C=O) groups excluding carboxylic acids is 1. The molecule has 0 saturated heterocycles. The molecule has 1 aromatic rings. The van der Waals surface area contributed by atoms with Gasteiger partial charge in [-0.15, -0.1) is 0 Å². The van der Waals surface area contributed by atoms with E-state index >= 15 is 0 Å². The maximum atomic E-state index is 10.9. The molecule has 100 valence electrons. The molecular weight excluding hydrogens is 236 g/mol. The fourth-order valence-corrected chi connectivity index (χ4v) is 1.52. The number of amides is 1. The molecule has 0 spiro atoms. The predicted molar refractivity (Wildman–Crippen MR) is 64.9 cm³/mol. The van der Waals surface area contributed by atoms with E-state index in [1.54, 1.807) is 10.9 Å². The van der Waals surface area contributed by atoms with Gasteiger partial charge in [0.15, 0.2) is 0 Å². The average Bonchev–Trinajstić information content (AvgIpc) is 2.69. The van der Waals surface area contributed by atoms with Gasteiger partial charge in [0.25, 0.3) is 0 Å². The Labute approximate surface area is 105 Å². The van der Waals surface area contributed by atoms with Crippen molar-refractivity contribution in [1.82, 2.24) is 20.4 Å². The van der Waals surface area contributed by atoms with Crippen molar-refractivity contribution in [1.29, 1.82) is 0 Å².